The summed E-state index contributed by atoms with van der Waals surface area (Å²) in [5, 5.41) is 7.30. The van der Waals surface area contributed by atoms with Gasteiger partial charge in [-0.25, -0.2) is 0 Å². The smallest absolute Gasteiger partial charge is 0.226 e. The Morgan fingerprint density at radius 3 is 2.81 bits per heavy atom. The van der Waals surface area contributed by atoms with Gasteiger partial charge in [0.1, 0.15) is 6.17 Å². The van der Waals surface area contributed by atoms with Crippen molar-refractivity contribution in [1.82, 2.24) is 10.6 Å². The predicted molar refractivity (Wildman–Crippen MR) is 64.0 cm³/mol. The lowest BCUT2D eigenvalue weighted by atomic mass is 10.1. The van der Waals surface area contributed by atoms with Gasteiger partial charge in [0.15, 0.2) is 0 Å². The Hall–Kier alpha value is -1.36. The Morgan fingerprint density at radius 2 is 2.31 bits per heavy atom. The maximum atomic E-state index is 11.6. The minimum Gasteiger partial charge on any atom is -0.338 e. The van der Waals surface area contributed by atoms with Crippen molar-refractivity contribution in [3.63, 3.8) is 0 Å². The third kappa shape index (κ3) is 4.02. The highest BCUT2D eigenvalue weighted by molar-refractivity contribution is 7.10. The Labute approximate surface area is 99.0 Å². The maximum absolute atomic E-state index is 11.6. The highest BCUT2D eigenvalue weighted by Crippen LogP contribution is 2.09. The van der Waals surface area contributed by atoms with Gasteiger partial charge in [-0.1, -0.05) is 19.9 Å². The van der Waals surface area contributed by atoms with E-state index in [2.05, 4.69) is 10.6 Å². The largest absolute Gasteiger partial charge is 0.338 e. The van der Waals surface area contributed by atoms with Crippen LogP contribution in [0.4, 0.5) is 0 Å². The monoisotopic (exact) mass is 240 g/mol. The molecule has 4 nitrogen and oxygen atoms in total. The molecule has 1 aromatic heterocycles. The van der Waals surface area contributed by atoms with Crippen LogP contribution in [0.3, 0.4) is 0 Å². The molecule has 16 heavy (non-hydrogen) atoms. The zero-order chi connectivity index (χ0) is 12.0. The molecular formula is C11H16N2O2S. The Morgan fingerprint density at radius 1 is 1.56 bits per heavy atom. The van der Waals surface area contributed by atoms with Crippen LogP contribution in [0, 0.1) is 5.92 Å². The van der Waals surface area contributed by atoms with Gasteiger partial charge in [-0.3, -0.25) is 9.59 Å². The Bertz CT molecular complexity index is 336. The SMILES string of the molecule is CC(C)C(NC=O)NC(=O)Cc1cccs1. The van der Waals surface area contributed by atoms with Gasteiger partial charge in [0, 0.05) is 4.88 Å². The molecule has 0 fully saturated rings. The van der Waals surface area contributed by atoms with E-state index in [4.69, 9.17) is 0 Å². The first kappa shape index (κ1) is 12.7. The van der Waals surface area contributed by atoms with Crippen LogP contribution >= 0.6 is 11.3 Å². The number of thiophene rings is 1. The lowest BCUT2D eigenvalue weighted by molar-refractivity contribution is -0.122. The van der Waals surface area contributed by atoms with E-state index in [1.165, 1.54) is 0 Å². The van der Waals surface area contributed by atoms with Crippen LogP contribution in [0.1, 0.15) is 18.7 Å². The molecule has 0 aliphatic carbocycles. The van der Waals surface area contributed by atoms with Crippen LogP contribution in [0.5, 0.6) is 0 Å². The fourth-order valence-electron chi connectivity index (χ4n) is 1.27. The molecule has 2 N–H and O–H groups in total. The summed E-state index contributed by atoms with van der Waals surface area (Å²) in [5.74, 6) is 0.0907. The molecule has 88 valence electrons. The summed E-state index contributed by atoms with van der Waals surface area (Å²) in [6.07, 6.45) is 0.669. The molecule has 0 radical (unpaired) electrons. The minimum atomic E-state index is -0.301. The summed E-state index contributed by atoms with van der Waals surface area (Å²) in [6.45, 7) is 3.87. The zero-order valence-electron chi connectivity index (χ0n) is 9.40. The molecule has 0 spiro atoms. The van der Waals surface area contributed by atoms with Gasteiger partial charge in [-0.05, 0) is 17.4 Å². The summed E-state index contributed by atoms with van der Waals surface area (Å²) < 4.78 is 0. The van der Waals surface area contributed by atoms with Gasteiger partial charge in [0.05, 0.1) is 6.42 Å². The van der Waals surface area contributed by atoms with E-state index in [0.29, 0.717) is 12.8 Å². The van der Waals surface area contributed by atoms with Gasteiger partial charge in [0.25, 0.3) is 0 Å². The van der Waals surface area contributed by atoms with Gasteiger partial charge in [0.2, 0.25) is 12.3 Å². The highest BCUT2D eigenvalue weighted by Gasteiger charge is 2.15. The number of hydrogen-bond acceptors (Lipinski definition) is 3. The fourth-order valence-corrected chi connectivity index (χ4v) is 1.97. The lowest BCUT2D eigenvalue weighted by Gasteiger charge is -2.21. The molecule has 1 atom stereocenters. The van der Waals surface area contributed by atoms with Crippen molar-refractivity contribution < 1.29 is 9.59 Å². The summed E-state index contributed by atoms with van der Waals surface area (Å²) in [4.78, 5) is 23.0. The average Bonchev–Trinajstić information content (AvgIpc) is 2.69. The maximum Gasteiger partial charge on any atom is 0.226 e. The minimum absolute atomic E-state index is 0.0736. The topological polar surface area (TPSA) is 58.2 Å². The lowest BCUT2D eigenvalue weighted by Crippen LogP contribution is -2.48. The predicted octanol–water partition coefficient (Wildman–Crippen LogP) is 1.13. The second kappa shape index (κ2) is 6.27. The zero-order valence-corrected chi connectivity index (χ0v) is 10.2. The summed E-state index contributed by atoms with van der Waals surface area (Å²) in [6, 6.07) is 3.83. The van der Waals surface area contributed by atoms with Crippen molar-refractivity contribution in [3.8, 4) is 0 Å². The molecular weight excluding hydrogens is 224 g/mol. The standard InChI is InChI=1S/C11H16N2O2S/c1-8(2)11(12-7-14)13-10(15)6-9-4-3-5-16-9/h3-5,7-8,11H,6H2,1-2H3,(H,12,14)(H,13,15). The van der Waals surface area contributed by atoms with Crippen molar-refractivity contribution in [3.05, 3.63) is 22.4 Å². The van der Waals surface area contributed by atoms with Crippen LogP contribution < -0.4 is 10.6 Å². The number of hydrogen-bond donors (Lipinski definition) is 2. The van der Waals surface area contributed by atoms with Gasteiger partial charge in [-0.2, -0.15) is 0 Å². The molecule has 0 aliphatic rings. The third-order valence-corrected chi connectivity index (χ3v) is 3.02. The van der Waals surface area contributed by atoms with Gasteiger partial charge < -0.3 is 10.6 Å². The van der Waals surface area contributed by atoms with E-state index in [-0.39, 0.29) is 18.0 Å². The summed E-state index contributed by atoms with van der Waals surface area (Å²) in [7, 11) is 0. The van der Waals surface area contributed by atoms with E-state index >= 15 is 0 Å². The van der Waals surface area contributed by atoms with Crippen LogP contribution in [0.15, 0.2) is 17.5 Å². The second-order valence-corrected chi connectivity index (χ2v) is 4.86. The quantitative estimate of drug-likeness (QED) is 0.578. The molecule has 0 bridgehead atoms. The number of nitrogens with one attached hydrogen (secondary N) is 2. The van der Waals surface area contributed by atoms with E-state index in [0.717, 1.165) is 4.88 Å². The Balaban J connectivity index is 2.45. The first-order valence-corrected chi connectivity index (χ1v) is 6.03. The molecule has 0 saturated carbocycles. The van der Waals surface area contributed by atoms with E-state index < -0.39 is 0 Å². The van der Waals surface area contributed by atoms with Crippen LogP contribution in [-0.4, -0.2) is 18.5 Å². The van der Waals surface area contributed by atoms with Crippen LogP contribution in [0.25, 0.3) is 0 Å². The number of carbonyl (C=O) groups excluding carboxylic acids is 2. The average molecular weight is 240 g/mol. The molecule has 1 aromatic rings. The molecule has 5 heteroatoms. The summed E-state index contributed by atoms with van der Waals surface area (Å²) >= 11 is 1.55. The number of carbonyl (C=O) groups is 2. The molecule has 0 aromatic carbocycles. The first-order chi connectivity index (χ1) is 7.63. The number of rotatable bonds is 6. The van der Waals surface area contributed by atoms with Crippen LogP contribution in [-0.2, 0) is 16.0 Å². The third-order valence-electron chi connectivity index (χ3n) is 2.15. The molecule has 2 amide bonds. The van der Waals surface area contributed by atoms with E-state index in [9.17, 15) is 9.59 Å². The van der Waals surface area contributed by atoms with Gasteiger partial charge >= 0.3 is 0 Å². The molecule has 0 saturated heterocycles. The summed E-state index contributed by atoms with van der Waals surface area (Å²) in [5.41, 5.74) is 0. The van der Waals surface area contributed by atoms with Crippen molar-refractivity contribution in [2.45, 2.75) is 26.4 Å². The van der Waals surface area contributed by atoms with Crippen LogP contribution in [0.2, 0.25) is 0 Å². The molecule has 1 heterocycles. The number of amides is 2. The first-order valence-electron chi connectivity index (χ1n) is 5.15. The van der Waals surface area contributed by atoms with Gasteiger partial charge in [-0.15, -0.1) is 11.3 Å². The van der Waals surface area contributed by atoms with E-state index in [1.54, 1.807) is 11.3 Å². The van der Waals surface area contributed by atoms with Crippen molar-refractivity contribution >= 4 is 23.7 Å². The Kier molecular flexibility index (Phi) is 4.98. The molecule has 1 rings (SSSR count). The fraction of sp³-hybridized carbons (Fsp3) is 0.455. The molecule has 0 aliphatic heterocycles. The second-order valence-electron chi connectivity index (χ2n) is 3.83. The van der Waals surface area contributed by atoms with E-state index in [1.807, 2.05) is 31.4 Å². The highest BCUT2D eigenvalue weighted by atomic mass is 32.1. The van der Waals surface area contributed by atoms with Crippen molar-refractivity contribution in [2.24, 2.45) is 5.92 Å². The van der Waals surface area contributed by atoms with Crippen molar-refractivity contribution in [1.29, 1.82) is 0 Å². The molecule has 1 unspecified atom stereocenters. The van der Waals surface area contributed by atoms with Crippen molar-refractivity contribution in [2.75, 3.05) is 0 Å². The normalized spacial score (nSPS) is 12.2.